The van der Waals surface area contributed by atoms with Gasteiger partial charge in [-0.2, -0.15) is 0 Å². The highest BCUT2D eigenvalue weighted by Crippen LogP contribution is 2.29. The van der Waals surface area contributed by atoms with Crippen molar-refractivity contribution in [2.75, 3.05) is 6.54 Å². The molecule has 3 heteroatoms. The number of amides is 1. The van der Waals surface area contributed by atoms with Crippen molar-refractivity contribution in [3.8, 4) is 0 Å². The zero-order valence-electron chi connectivity index (χ0n) is 13.1. The molecular formula is C17H26N2O. The molecule has 0 aromatic heterocycles. The first kappa shape index (κ1) is 15.0. The number of aryl methyl sites for hydroxylation is 2. The second-order valence-electron chi connectivity index (χ2n) is 5.80. The second-order valence-corrected chi connectivity index (χ2v) is 5.80. The highest BCUT2D eigenvalue weighted by atomic mass is 16.2. The molecule has 1 aromatic carbocycles. The summed E-state index contributed by atoms with van der Waals surface area (Å²) in [5, 5.41) is 3.53. The van der Waals surface area contributed by atoms with E-state index in [1.54, 1.807) is 0 Å². The van der Waals surface area contributed by atoms with Crippen LogP contribution in [0.4, 0.5) is 0 Å². The van der Waals surface area contributed by atoms with Gasteiger partial charge in [0.05, 0.1) is 6.04 Å². The van der Waals surface area contributed by atoms with Crippen LogP contribution in [0.25, 0.3) is 0 Å². The average Bonchev–Trinajstić information content (AvgIpc) is 2.69. The first-order valence-corrected chi connectivity index (χ1v) is 7.72. The van der Waals surface area contributed by atoms with E-state index in [1.807, 2.05) is 4.90 Å². The third-order valence-electron chi connectivity index (χ3n) is 4.01. The first-order chi connectivity index (χ1) is 9.58. The van der Waals surface area contributed by atoms with E-state index in [0.717, 1.165) is 25.8 Å². The average molecular weight is 274 g/mol. The number of hydrogen-bond acceptors (Lipinski definition) is 2. The van der Waals surface area contributed by atoms with Crippen LogP contribution in [0.15, 0.2) is 18.2 Å². The molecule has 2 rings (SSSR count). The number of nitrogens with zero attached hydrogens (tertiary/aromatic N) is 1. The summed E-state index contributed by atoms with van der Waals surface area (Å²) in [5.41, 5.74) is 3.76. The van der Waals surface area contributed by atoms with Gasteiger partial charge in [-0.25, -0.2) is 0 Å². The van der Waals surface area contributed by atoms with Crippen LogP contribution in [-0.2, 0) is 4.79 Å². The Balaban J connectivity index is 2.30. The van der Waals surface area contributed by atoms with Crippen LogP contribution >= 0.6 is 0 Å². The lowest BCUT2D eigenvalue weighted by Gasteiger charge is -2.25. The minimum atomic E-state index is -0.0164. The minimum absolute atomic E-state index is 0.0164. The Kier molecular flexibility index (Phi) is 4.81. The number of hydrogen-bond donors (Lipinski definition) is 1. The molecule has 3 nitrogen and oxygen atoms in total. The Morgan fingerprint density at radius 1 is 1.20 bits per heavy atom. The molecule has 0 aliphatic carbocycles. The molecule has 2 unspecified atom stereocenters. The molecule has 1 aromatic rings. The smallest absolute Gasteiger partial charge is 0.241 e. The molecule has 0 spiro atoms. The number of carbonyl (C=O) groups excluding carboxylic acids is 1. The van der Waals surface area contributed by atoms with Crippen molar-refractivity contribution in [3.63, 3.8) is 0 Å². The fourth-order valence-corrected chi connectivity index (χ4v) is 3.05. The number of benzene rings is 1. The van der Waals surface area contributed by atoms with Crippen molar-refractivity contribution in [3.05, 3.63) is 34.9 Å². The molecule has 0 bridgehead atoms. The fourth-order valence-electron chi connectivity index (χ4n) is 3.05. The summed E-state index contributed by atoms with van der Waals surface area (Å²) in [4.78, 5) is 14.5. The summed E-state index contributed by atoms with van der Waals surface area (Å²) in [6.07, 6.45) is 2.98. The molecule has 1 aliphatic heterocycles. The summed E-state index contributed by atoms with van der Waals surface area (Å²) in [6.45, 7) is 9.31. The van der Waals surface area contributed by atoms with Crippen LogP contribution in [-0.4, -0.2) is 23.4 Å². The number of rotatable bonds is 5. The topological polar surface area (TPSA) is 32.3 Å². The van der Waals surface area contributed by atoms with Gasteiger partial charge in [0, 0.05) is 6.54 Å². The monoisotopic (exact) mass is 274 g/mol. The van der Waals surface area contributed by atoms with Gasteiger partial charge in [-0.05, 0) is 37.8 Å². The molecule has 1 amide bonds. The maximum Gasteiger partial charge on any atom is 0.241 e. The molecule has 1 aliphatic rings. The first-order valence-electron chi connectivity index (χ1n) is 7.72. The van der Waals surface area contributed by atoms with Crippen molar-refractivity contribution in [1.82, 2.24) is 10.2 Å². The van der Waals surface area contributed by atoms with E-state index < -0.39 is 0 Å². The lowest BCUT2D eigenvalue weighted by atomic mass is 10.0. The highest BCUT2D eigenvalue weighted by molar-refractivity contribution is 5.84. The lowest BCUT2D eigenvalue weighted by molar-refractivity contribution is -0.130. The Morgan fingerprint density at radius 3 is 2.55 bits per heavy atom. The zero-order chi connectivity index (χ0) is 14.7. The van der Waals surface area contributed by atoms with Crippen molar-refractivity contribution in [2.45, 2.75) is 59.2 Å². The lowest BCUT2D eigenvalue weighted by Crippen LogP contribution is -2.32. The van der Waals surface area contributed by atoms with Gasteiger partial charge in [0.15, 0.2) is 0 Å². The van der Waals surface area contributed by atoms with E-state index in [2.05, 4.69) is 51.2 Å². The summed E-state index contributed by atoms with van der Waals surface area (Å²) in [6, 6.07) is 6.47. The Morgan fingerprint density at radius 2 is 1.95 bits per heavy atom. The van der Waals surface area contributed by atoms with Crippen LogP contribution in [0.3, 0.4) is 0 Å². The largest absolute Gasteiger partial charge is 0.322 e. The third-order valence-corrected chi connectivity index (χ3v) is 4.01. The van der Waals surface area contributed by atoms with Crippen molar-refractivity contribution in [1.29, 1.82) is 0 Å². The molecule has 1 saturated heterocycles. The van der Waals surface area contributed by atoms with Crippen LogP contribution in [0.2, 0.25) is 0 Å². The molecule has 0 radical (unpaired) electrons. The molecule has 20 heavy (non-hydrogen) atoms. The van der Waals surface area contributed by atoms with Crippen molar-refractivity contribution >= 4 is 5.91 Å². The fraction of sp³-hybridized carbons (Fsp3) is 0.588. The quantitative estimate of drug-likeness (QED) is 0.893. The van der Waals surface area contributed by atoms with Gasteiger partial charge in [-0.15, -0.1) is 0 Å². The molecular weight excluding hydrogens is 248 g/mol. The summed E-state index contributed by atoms with van der Waals surface area (Å²) in [5.74, 6) is 0.263. The van der Waals surface area contributed by atoms with E-state index in [1.165, 1.54) is 16.7 Å². The minimum Gasteiger partial charge on any atom is -0.322 e. The normalized spacial score (nSPS) is 22.6. The maximum absolute atomic E-state index is 12.5. The van der Waals surface area contributed by atoms with Gasteiger partial charge >= 0.3 is 0 Å². The van der Waals surface area contributed by atoms with Gasteiger partial charge in [-0.3, -0.25) is 10.1 Å². The Bertz CT molecular complexity index is 484. The van der Waals surface area contributed by atoms with Gasteiger partial charge in [0.1, 0.15) is 6.17 Å². The molecule has 1 fully saturated rings. The van der Waals surface area contributed by atoms with Crippen LogP contribution < -0.4 is 5.32 Å². The SMILES string of the molecule is CCCC1NC(c2ccc(C)cc2C)N(CCC)C1=O. The second kappa shape index (κ2) is 6.40. The van der Waals surface area contributed by atoms with E-state index in [0.29, 0.717) is 0 Å². The third kappa shape index (κ3) is 2.88. The molecule has 1 heterocycles. The van der Waals surface area contributed by atoms with Gasteiger partial charge in [0.2, 0.25) is 5.91 Å². The molecule has 1 N–H and O–H groups in total. The Hall–Kier alpha value is -1.35. The highest BCUT2D eigenvalue weighted by Gasteiger charge is 2.38. The molecule has 110 valence electrons. The maximum atomic E-state index is 12.5. The van der Waals surface area contributed by atoms with Gasteiger partial charge in [0.25, 0.3) is 0 Å². The predicted octanol–water partition coefficient (Wildman–Crippen LogP) is 3.31. The Labute approximate surface area is 122 Å². The van der Waals surface area contributed by atoms with Crippen LogP contribution in [0, 0.1) is 13.8 Å². The number of nitrogens with one attached hydrogen (secondary N) is 1. The van der Waals surface area contributed by atoms with Crippen molar-refractivity contribution < 1.29 is 4.79 Å². The summed E-state index contributed by atoms with van der Waals surface area (Å²) in [7, 11) is 0. The van der Waals surface area contributed by atoms with E-state index >= 15 is 0 Å². The van der Waals surface area contributed by atoms with E-state index in [9.17, 15) is 4.79 Å². The predicted molar refractivity (Wildman–Crippen MR) is 82.5 cm³/mol. The van der Waals surface area contributed by atoms with Crippen LogP contribution in [0.5, 0.6) is 0 Å². The summed E-state index contributed by atoms with van der Waals surface area (Å²) < 4.78 is 0. The molecule has 2 atom stereocenters. The molecule has 0 saturated carbocycles. The van der Waals surface area contributed by atoms with Gasteiger partial charge in [-0.1, -0.05) is 44.0 Å². The van der Waals surface area contributed by atoms with Crippen molar-refractivity contribution in [2.24, 2.45) is 0 Å². The van der Waals surface area contributed by atoms with E-state index in [4.69, 9.17) is 0 Å². The standard InChI is InChI=1S/C17H26N2O/c1-5-7-15-17(20)19(10-6-2)16(18-15)14-9-8-12(3)11-13(14)4/h8-9,11,15-16,18H,5-7,10H2,1-4H3. The van der Waals surface area contributed by atoms with Crippen LogP contribution in [0.1, 0.15) is 56.0 Å². The summed E-state index contributed by atoms with van der Waals surface area (Å²) >= 11 is 0. The zero-order valence-corrected chi connectivity index (χ0v) is 13.1. The van der Waals surface area contributed by atoms with E-state index in [-0.39, 0.29) is 18.1 Å². The number of carbonyl (C=O) groups is 1. The van der Waals surface area contributed by atoms with Gasteiger partial charge < -0.3 is 4.90 Å².